The number of rotatable bonds is 7. The highest BCUT2D eigenvalue weighted by molar-refractivity contribution is 6.33. The minimum Gasteiger partial charge on any atom is -0.497 e. The molecule has 0 aliphatic carbocycles. The molecular formula is C18H19ClN2O5. The van der Waals surface area contributed by atoms with Crippen molar-refractivity contribution in [3.63, 3.8) is 0 Å². The number of hydrogen-bond donors (Lipinski definition) is 2. The number of hydrogen-bond acceptors (Lipinski definition) is 6. The zero-order valence-electron chi connectivity index (χ0n) is 14.6. The van der Waals surface area contributed by atoms with Crippen LogP contribution in [0.1, 0.15) is 10.4 Å². The summed E-state index contributed by atoms with van der Waals surface area (Å²) in [6.45, 7) is -0.0560. The SMILES string of the molecule is COC(=O)c1ccc(Cl)c(NCC(=O)Nc2ccc(OC)cc2OC)c1. The highest BCUT2D eigenvalue weighted by Gasteiger charge is 2.12. The Bertz CT molecular complexity index is 810. The molecule has 0 aliphatic heterocycles. The molecule has 0 spiro atoms. The average Bonchev–Trinajstić information content (AvgIpc) is 2.66. The van der Waals surface area contributed by atoms with Gasteiger partial charge >= 0.3 is 5.97 Å². The van der Waals surface area contributed by atoms with Crippen molar-refractivity contribution < 1.29 is 23.8 Å². The van der Waals surface area contributed by atoms with Crippen molar-refractivity contribution in [3.8, 4) is 11.5 Å². The van der Waals surface area contributed by atoms with E-state index in [0.717, 1.165) is 0 Å². The van der Waals surface area contributed by atoms with Gasteiger partial charge in [-0.1, -0.05) is 11.6 Å². The van der Waals surface area contributed by atoms with Crippen molar-refractivity contribution in [3.05, 3.63) is 47.0 Å². The molecule has 0 saturated carbocycles. The van der Waals surface area contributed by atoms with E-state index in [1.165, 1.54) is 20.3 Å². The summed E-state index contributed by atoms with van der Waals surface area (Å²) in [4.78, 5) is 23.8. The Morgan fingerprint density at radius 3 is 2.42 bits per heavy atom. The van der Waals surface area contributed by atoms with E-state index < -0.39 is 5.97 Å². The minimum atomic E-state index is -0.489. The van der Waals surface area contributed by atoms with Gasteiger partial charge in [0.2, 0.25) is 5.91 Å². The molecule has 0 aromatic heterocycles. The Morgan fingerprint density at radius 1 is 1.00 bits per heavy atom. The van der Waals surface area contributed by atoms with Crippen LogP contribution in [0.3, 0.4) is 0 Å². The number of halogens is 1. The number of amides is 1. The van der Waals surface area contributed by atoms with Crippen LogP contribution in [0.4, 0.5) is 11.4 Å². The molecule has 2 N–H and O–H groups in total. The van der Waals surface area contributed by atoms with Crippen LogP contribution < -0.4 is 20.1 Å². The Hall–Kier alpha value is -2.93. The van der Waals surface area contributed by atoms with Gasteiger partial charge in [0.05, 0.1) is 49.8 Å². The average molecular weight is 379 g/mol. The van der Waals surface area contributed by atoms with Gasteiger partial charge in [0.15, 0.2) is 0 Å². The molecule has 0 atom stereocenters. The van der Waals surface area contributed by atoms with E-state index in [-0.39, 0.29) is 12.5 Å². The smallest absolute Gasteiger partial charge is 0.337 e. The van der Waals surface area contributed by atoms with E-state index >= 15 is 0 Å². The zero-order valence-corrected chi connectivity index (χ0v) is 15.3. The van der Waals surface area contributed by atoms with Crippen LogP contribution in [0.5, 0.6) is 11.5 Å². The van der Waals surface area contributed by atoms with Gasteiger partial charge in [-0.3, -0.25) is 4.79 Å². The van der Waals surface area contributed by atoms with E-state index in [1.807, 2.05) is 0 Å². The van der Waals surface area contributed by atoms with Gasteiger partial charge in [-0.15, -0.1) is 0 Å². The molecule has 0 radical (unpaired) electrons. The van der Waals surface area contributed by atoms with Gasteiger partial charge in [-0.25, -0.2) is 4.79 Å². The molecule has 0 unspecified atom stereocenters. The number of carbonyl (C=O) groups is 2. The molecule has 0 fully saturated rings. The largest absolute Gasteiger partial charge is 0.497 e. The summed E-state index contributed by atoms with van der Waals surface area (Å²) in [5, 5.41) is 6.01. The van der Waals surface area contributed by atoms with Crippen LogP contribution in [-0.4, -0.2) is 39.8 Å². The van der Waals surface area contributed by atoms with Crippen molar-refractivity contribution in [1.29, 1.82) is 0 Å². The standard InChI is InChI=1S/C18H19ClN2O5/c1-24-12-5-7-14(16(9-12)25-2)21-17(22)10-20-15-8-11(18(23)26-3)4-6-13(15)19/h4-9,20H,10H2,1-3H3,(H,21,22). The molecular weight excluding hydrogens is 360 g/mol. The maximum atomic E-state index is 12.2. The van der Waals surface area contributed by atoms with Gasteiger partial charge in [0.25, 0.3) is 0 Å². The molecule has 138 valence electrons. The van der Waals surface area contributed by atoms with Crippen molar-refractivity contribution in [2.45, 2.75) is 0 Å². The minimum absolute atomic E-state index is 0.0560. The lowest BCUT2D eigenvalue weighted by molar-refractivity contribution is -0.114. The normalized spacial score (nSPS) is 10.0. The Labute approximate surface area is 156 Å². The molecule has 0 bridgehead atoms. The van der Waals surface area contributed by atoms with Crippen LogP contribution in [0, 0.1) is 0 Å². The van der Waals surface area contributed by atoms with Crippen LogP contribution in [0.15, 0.2) is 36.4 Å². The lowest BCUT2D eigenvalue weighted by Gasteiger charge is -2.13. The predicted octanol–water partition coefficient (Wildman–Crippen LogP) is 3.19. The second-order valence-electron chi connectivity index (χ2n) is 5.15. The second-order valence-corrected chi connectivity index (χ2v) is 5.56. The monoisotopic (exact) mass is 378 g/mol. The molecule has 2 rings (SSSR count). The van der Waals surface area contributed by atoms with Gasteiger partial charge in [0, 0.05) is 6.07 Å². The van der Waals surface area contributed by atoms with Crippen molar-refractivity contribution in [2.24, 2.45) is 0 Å². The number of methoxy groups -OCH3 is 3. The second kappa shape index (κ2) is 8.96. The Kier molecular flexibility index (Phi) is 6.68. The number of nitrogens with one attached hydrogen (secondary N) is 2. The van der Waals surface area contributed by atoms with Gasteiger partial charge in [-0.05, 0) is 30.3 Å². The van der Waals surface area contributed by atoms with Crippen LogP contribution in [0.25, 0.3) is 0 Å². The molecule has 0 heterocycles. The summed E-state index contributed by atoms with van der Waals surface area (Å²) >= 11 is 6.09. The number of ether oxygens (including phenoxy) is 3. The fourth-order valence-corrected chi connectivity index (χ4v) is 2.36. The number of carbonyl (C=O) groups excluding carboxylic acids is 2. The Balaban J connectivity index is 2.04. The number of esters is 1. The van der Waals surface area contributed by atoms with Crippen molar-refractivity contribution in [1.82, 2.24) is 0 Å². The molecule has 1 amide bonds. The summed E-state index contributed by atoms with van der Waals surface area (Å²) in [5.74, 6) is 0.290. The summed E-state index contributed by atoms with van der Waals surface area (Å²) < 4.78 is 15.0. The fraction of sp³-hybridized carbons (Fsp3) is 0.222. The third kappa shape index (κ3) is 4.80. The maximum Gasteiger partial charge on any atom is 0.337 e. The summed E-state index contributed by atoms with van der Waals surface area (Å²) in [6.07, 6.45) is 0. The van der Waals surface area contributed by atoms with Gasteiger partial charge in [-0.2, -0.15) is 0 Å². The van der Waals surface area contributed by atoms with E-state index in [2.05, 4.69) is 15.4 Å². The summed E-state index contributed by atoms with van der Waals surface area (Å²) in [5.41, 5.74) is 1.29. The lowest BCUT2D eigenvalue weighted by atomic mass is 10.2. The molecule has 7 nitrogen and oxygen atoms in total. The van der Waals surface area contributed by atoms with E-state index in [4.69, 9.17) is 21.1 Å². The van der Waals surface area contributed by atoms with Crippen molar-refractivity contribution in [2.75, 3.05) is 38.5 Å². The van der Waals surface area contributed by atoms with E-state index in [0.29, 0.717) is 33.5 Å². The fourth-order valence-electron chi connectivity index (χ4n) is 2.18. The molecule has 0 saturated heterocycles. The summed E-state index contributed by atoms with van der Waals surface area (Å²) in [7, 11) is 4.34. The maximum absolute atomic E-state index is 12.2. The van der Waals surface area contributed by atoms with E-state index in [1.54, 1.807) is 37.4 Å². The number of anilines is 2. The molecule has 8 heteroatoms. The highest BCUT2D eigenvalue weighted by Crippen LogP contribution is 2.29. The van der Waals surface area contributed by atoms with Crippen LogP contribution in [0.2, 0.25) is 5.02 Å². The summed E-state index contributed by atoms with van der Waals surface area (Å²) in [6, 6.07) is 9.68. The first kappa shape index (κ1) is 19.4. The highest BCUT2D eigenvalue weighted by atomic mass is 35.5. The predicted molar refractivity (Wildman–Crippen MR) is 99.5 cm³/mol. The van der Waals surface area contributed by atoms with Crippen LogP contribution >= 0.6 is 11.6 Å². The molecule has 26 heavy (non-hydrogen) atoms. The third-order valence-corrected chi connectivity index (χ3v) is 3.84. The molecule has 2 aromatic carbocycles. The zero-order chi connectivity index (χ0) is 19.1. The first-order chi connectivity index (χ1) is 12.5. The quantitative estimate of drug-likeness (QED) is 0.719. The Morgan fingerprint density at radius 2 is 1.77 bits per heavy atom. The van der Waals surface area contributed by atoms with Gasteiger partial charge < -0.3 is 24.8 Å². The van der Waals surface area contributed by atoms with Crippen molar-refractivity contribution >= 4 is 34.9 Å². The third-order valence-electron chi connectivity index (χ3n) is 3.51. The van der Waals surface area contributed by atoms with Crippen LogP contribution in [-0.2, 0) is 9.53 Å². The van der Waals surface area contributed by atoms with E-state index in [9.17, 15) is 9.59 Å². The topological polar surface area (TPSA) is 85.9 Å². The number of benzene rings is 2. The van der Waals surface area contributed by atoms with Gasteiger partial charge in [0.1, 0.15) is 11.5 Å². The molecule has 2 aromatic rings. The first-order valence-electron chi connectivity index (χ1n) is 7.62. The lowest BCUT2D eigenvalue weighted by Crippen LogP contribution is -2.22. The first-order valence-corrected chi connectivity index (χ1v) is 8.00. The molecule has 0 aliphatic rings.